The molecule has 0 saturated heterocycles. The average molecular weight is 371 g/mol. The first-order chi connectivity index (χ1) is 12.6. The number of hydrogen-bond acceptors (Lipinski definition) is 2. The molecule has 0 saturated carbocycles. The second-order valence-electron chi connectivity index (χ2n) is 6.33. The van der Waals surface area contributed by atoms with E-state index in [0.29, 0.717) is 18.1 Å². The molecule has 26 heavy (non-hydrogen) atoms. The lowest BCUT2D eigenvalue weighted by Crippen LogP contribution is -2.37. The molecule has 5 nitrogen and oxygen atoms in total. The van der Waals surface area contributed by atoms with E-state index in [9.17, 15) is 4.79 Å². The van der Waals surface area contributed by atoms with Crippen molar-refractivity contribution < 1.29 is 4.79 Å². The number of benzene rings is 2. The Balaban J connectivity index is 1.49. The standard InChI is InChI=1S/C20H23ClN4O/c1-15-23-18-10-5-6-11-19(18)25(15)13-7-12-22-20(26)24(2)14-16-8-3-4-9-17(16)21/h3-6,8-11H,7,12-14H2,1-2H3,(H,22,26). The number of nitrogens with one attached hydrogen (secondary N) is 1. The Morgan fingerprint density at radius 3 is 2.73 bits per heavy atom. The van der Waals surface area contributed by atoms with Crippen LogP contribution < -0.4 is 5.32 Å². The van der Waals surface area contributed by atoms with E-state index in [1.807, 2.05) is 49.4 Å². The summed E-state index contributed by atoms with van der Waals surface area (Å²) in [6.07, 6.45) is 0.840. The zero-order valence-electron chi connectivity index (χ0n) is 15.1. The zero-order chi connectivity index (χ0) is 18.5. The van der Waals surface area contributed by atoms with Gasteiger partial charge in [-0.1, -0.05) is 41.9 Å². The maximum absolute atomic E-state index is 12.3. The number of aryl methyl sites for hydroxylation is 2. The molecule has 0 aliphatic heterocycles. The summed E-state index contributed by atoms with van der Waals surface area (Å²) in [5, 5.41) is 3.64. The first-order valence-corrected chi connectivity index (χ1v) is 9.08. The summed E-state index contributed by atoms with van der Waals surface area (Å²) in [6, 6.07) is 15.6. The van der Waals surface area contributed by atoms with E-state index in [2.05, 4.69) is 20.9 Å². The van der Waals surface area contributed by atoms with E-state index >= 15 is 0 Å². The number of carbonyl (C=O) groups excluding carboxylic acids is 1. The summed E-state index contributed by atoms with van der Waals surface area (Å²) in [7, 11) is 1.77. The number of aromatic nitrogens is 2. The van der Waals surface area contributed by atoms with Gasteiger partial charge < -0.3 is 14.8 Å². The molecule has 3 aromatic rings. The summed E-state index contributed by atoms with van der Waals surface area (Å²) in [5.41, 5.74) is 3.08. The van der Waals surface area contributed by atoms with Crippen LogP contribution in [0.5, 0.6) is 0 Å². The van der Waals surface area contributed by atoms with Crippen molar-refractivity contribution in [3.05, 3.63) is 64.9 Å². The second kappa shape index (κ2) is 8.23. The average Bonchev–Trinajstić information content (AvgIpc) is 2.95. The van der Waals surface area contributed by atoms with Crippen LogP contribution in [-0.4, -0.2) is 34.1 Å². The molecule has 0 unspecified atom stereocenters. The summed E-state index contributed by atoms with van der Waals surface area (Å²) in [5.74, 6) is 0.994. The lowest BCUT2D eigenvalue weighted by atomic mass is 10.2. The number of urea groups is 1. The van der Waals surface area contributed by atoms with E-state index in [1.54, 1.807) is 11.9 Å². The van der Waals surface area contributed by atoms with Crippen LogP contribution in [0.3, 0.4) is 0 Å². The van der Waals surface area contributed by atoms with Crippen molar-refractivity contribution in [3.63, 3.8) is 0 Å². The van der Waals surface area contributed by atoms with Crippen LogP contribution >= 0.6 is 11.6 Å². The third-order valence-electron chi connectivity index (χ3n) is 4.39. The van der Waals surface area contributed by atoms with Gasteiger partial charge in [-0.05, 0) is 37.1 Å². The zero-order valence-corrected chi connectivity index (χ0v) is 15.8. The minimum absolute atomic E-state index is 0.0999. The van der Waals surface area contributed by atoms with Crippen molar-refractivity contribution in [2.45, 2.75) is 26.4 Å². The van der Waals surface area contributed by atoms with Crippen molar-refractivity contribution in [1.82, 2.24) is 19.8 Å². The van der Waals surface area contributed by atoms with Crippen LogP contribution in [-0.2, 0) is 13.1 Å². The van der Waals surface area contributed by atoms with Gasteiger partial charge in [0.25, 0.3) is 0 Å². The third-order valence-corrected chi connectivity index (χ3v) is 4.76. The fourth-order valence-corrected chi connectivity index (χ4v) is 3.20. The van der Waals surface area contributed by atoms with Crippen molar-refractivity contribution in [2.75, 3.05) is 13.6 Å². The summed E-state index contributed by atoms with van der Waals surface area (Å²) in [4.78, 5) is 18.5. The van der Waals surface area contributed by atoms with E-state index in [4.69, 9.17) is 11.6 Å². The molecule has 6 heteroatoms. The second-order valence-corrected chi connectivity index (χ2v) is 6.74. The third kappa shape index (κ3) is 4.17. The Hall–Kier alpha value is -2.53. The number of para-hydroxylation sites is 2. The largest absolute Gasteiger partial charge is 0.338 e. The van der Waals surface area contributed by atoms with Gasteiger partial charge in [-0.15, -0.1) is 0 Å². The minimum atomic E-state index is -0.0999. The molecule has 136 valence electrons. The first-order valence-electron chi connectivity index (χ1n) is 8.70. The number of imidazole rings is 1. The number of fused-ring (bicyclic) bond motifs is 1. The Kier molecular flexibility index (Phi) is 5.78. The summed E-state index contributed by atoms with van der Waals surface area (Å²) in [6.45, 7) is 3.92. The molecule has 0 atom stereocenters. The van der Waals surface area contributed by atoms with Crippen LogP contribution in [0.1, 0.15) is 17.8 Å². The van der Waals surface area contributed by atoms with Gasteiger partial charge in [0, 0.05) is 31.7 Å². The topological polar surface area (TPSA) is 50.2 Å². The monoisotopic (exact) mass is 370 g/mol. The van der Waals surface area contributed by atoms with Crippen molar-refractivity contribution in [1.29, 1.82) is 0 Å². The first kappa shape index (κ1) is 18.3. The molecular formula is C20H23ClN4O. The molecule has 0 radical (unpaired) electrons. The fraction of sp³-hybridized carbons (Fsp3) is 0.300. The predicted molar refractivity (Wildman–Crippen MR) is 105 cm³/mol. The highest BCUT2D eigenvalue weighted by molar-refractivity contribution is 6.31. The van der Waals surface area contributed by atoms with Gasteiger partial charge in [-0.25, -0.2) is 9.78 Å². The van der Waals surface area contributed by atoms with Gasteiger partial charge in [0.2, 0.25) is 0 Å². The highest BCUT2D eigenvalue weighted by Crippen LogP contribution is 2.17. The molecule has 1 N–H and O–H groups in total. The molecular weight excluding hydrogens is 348 g/mol. The lowest BCUT2D eigenvalue weighted by molar-refractivity contribution is 0.206. The molecule has 0 spiro atoms. The smallest absolute Gasteiger partial charge is 0.317 e. The fourth-order valence-electron chi connectivity index (χ4n) is 3.00. The molecule has 2 aromatic carbocycles. The molecule has 0 aliphatic rings. The van der Waals surface area contributed by atoms with Gasteiger partial charge in [-0.2, -0.15) is 0 Å². The number of amides is 2. The van der Waals surface area contributed by atoms with E-state index in [-0.39, 0.29) is 6.03 Å². The highest BCUT2D eigenvalue weighted by Gasteiger charge is 2.11. The van der Waals surface area contributed by atoms with Crippen molar-refractivity contribution in [2.24, 2.45) is 0 Å². The van der Waals surface area contributed by atoms with Crippen LogP contribution in [0.15, 0.2) is 48.5 Å². The molecule has 1 aromatic heterocycles. The van der Waals surface area contributed by atoms with Crippen LogP contribution in [0.25, 0.3) is 11.0 Å². The number of hydrogen-bond donors (Lipinski definition) is 1. The molecule has 0 fully saturated rings. The van der Waals surface area contributed by atoms with Gasteiger partial charge in [0.15, 0.2) is 0 Å². The number of rotatable bonds is 6. The number of carbonyl (C=O) groups is 1. The normalized spacial score (nSPS) is 10.9. The Bertz CT molecular complexity index is 906. The molecule has 0 aliphatic carbocycles. The molecule has 0 bridgehead atoms. The van der Waals surface area contributed by atoms with Crippen molar-refractivity contribution >= 4 is 28.7 Å². The molecule has 1 heterocycles. The Morgan fingerprint density at radius 2 is 1.92 bits per heavy atom. The van der Waals surface area contributed by atoms with Crippen LogP contribution in [0.4, 0.5) is 4.79 Å². The summed E-state index contributed by atoms with van der Waals surface area (Å²) >= 11 is 6.15. The molecule has 3 rings (SSSR count). The van der Waals surface area contributed by atoms with Gasteiger partial charge in [0.05, 0.1) is 11.0 Å². The predicted octanol–water partition coefficient (Wildman–Crippen LogP) is 4.23. The van der Waals surface area contributed by atoms with E-state index in [1.165, 1.54) is 0 Å². The van der Waals surface area contributed by atoms with Gasteiger partial charge in [-0.3, -0.25) is 0 Å². The Morgan fingerprint density at radius 1 is 1.19 bits per heavy atom. The van der Waals surface area contributed by atoms with Gasteiger partial charge >= 0.3 is 6.03 Å². The van der Waals surface area contributed by atoms with Crippen LogP contribution in [0.2, 0.25) is 5.02 Å². The molecule has 2 amide bonds. The summed E-state index contributed by atoms with van der Waals surface area (Å²) < 4.78 is 2.19. The lowest BCUT2D eigenvalue weighted by Gasteiger charge is -2.19. The van der Waals surface area contributed by atoms with E-state index < -0.39 is 0 Å². The highest BCUT2D eigenvalue weighted by atomic mass is 35.5. The Labute approximate surface area is 158 Å². The van der Waals surface area contributed by atoms with E-state index in [0.717, 1.165) is 35.4 Å². The van der Waals surface area contributed by atoms with Crippen molar-refractivity contribution in [3.8, 4) is 0 Å². The minimum Gasteiger partial charge on any atom is -0.338 e. The maximum atomic E-state index is 12.3. The van der Waals surface area contributed by atoms with Crippen LogP contribution in [0, 0.1) is 6.92 Å². The quantitative estimate of drug-likeness (QED) is 0.660. The maximum Gasteiger partial charge on any atom is 0.317 e. The number of nitrogens with zero attached hydrogens (tertiary/aromatic N) is 3. The van der Waals surface area contributed by atoms with Gasteiger partial charge in [0.1, 0.15) is 5.82 Å². The SMILES string of the molecule is Cc1nc2ccccc2n1CCCNC(=O)N(C)Cc1ccccc1Cl. The number of halogens is 1.